The van der Waals surface area contributed by atoms with E-state index in [1.807, 2.05) is 0 Å². The van der Waals surface area contributed by atoms with Gasteiger partial charge in [0, 0.05) is 17.7 Å². The zero-order chi connectivity index (χ0) is 28.7. The predicted molar refractivity (Wildman–Crippen MR) is 148 cm³/mol. The highest BCUT2D eigenvalue weighted by atomic mass is 35.5. The monoisotopic (exact) mass is 601 g/mol. The first-order valence-electron chi connectivity index (χ1n) is 11.8. The van der Waals surface area contributed by atoms with E-state index in [1.165, 1.54) is 41.0 Å². The number of rotatable bonds is 6. The SMILES string of the molecule is CCOC(=O)C1=C(C)N=c2s/c(=C/c3ccc(-c4cc(Cl)c([N+](=O)[O-])cc4Cl)o3)c(=O)n2C1c1ccc(F)cc1. The lowest BCUT2D eigenvalue weighted by Crippen LogP contribution is -2.39. The number of allylic oxidation sites excluding steroid dienone is 1. The van der Waals surface area contributed by atoms with Crippen LogP contribution in [0.1, 0.15) is 31.2 Å². The highest BCUT2D eigenvalue weighted by Crippen LogP contribution is 2.37. The van der Waals surface area contributed by atoms with Crippen molar-refractivity contribution in [1.29, 1.82) is 0 Å². The first-order valence-corrected chi connectivity index (χ1v) is 13.3. The van der Waals surface area contributed by atoms with Crippen molar-refractivity contribution in [2.45, 2.75) is 19.9 Å². The van der Waals surface area contributed by atoms with E-state index < -0.39 is 28.3 Å². The molecule has 2 aromatic carbocycles. The van der Waals surface area contributed by atoms with Crippen molar-refractivity contribution in [3.63, 3.8) is 0 Å². The van der Waals surface area contributed by atoms with Gasteiger partial charge in [-0.3, -0.25) is 19.5 Å². The topological polar surface area (TPSA) is 117 Å². The quantitative estimate of drug-likeness (QED) is 0.166. The van der Waals surface area contributed by atoms with Crippen LogP contribution in [0.4, 0.5) is 10.1 Å². The zero-order valence-corrected chi connectivity index (χ0v) is 23.1. The molecule has 5 rings (SSSR count). The van der Waals surface area contributed by atoms with Crippen LogP contribution in [0, 0.1) is 15.9 Å². The fourth-order valence-corrected chi connectivity index (χ4v) is 5.83. The van der Waals surface area contributed by atoms with Crippen molar-refractivity contribution in [3.05, 3.63) is 117 Å². The van der Waals surface area contributed by atoms with Crippen LogP contribution < -0.4 is 14.9 Å². The van der Waals surface area contributed by atoms with E-state index in [2.05, 4.69) is 4.99 Å². The van der Waals surface area contributed by atoms with Gasteiger partial charge >= 0.3 is 5.97 Å². The Morgan fingerprint density at radius 1 is 1.23 bits per heavy atom. The number of halogens is 3. The van der Waals surface area contributed by atoms with Gasteiger partial charge in [-0.05, 0) is 49.7 Å². The van der Waals surface area contributed by atoms with Gasteiger partial charge in [0.15, 0.2) is 4.80 Å². The lowest BCUT2D eigenvalue weighted by atomic mass is 9.96. The average molecular weight is 602 g/mol. The van der Waals surface area contributed by atoms with Crippen LogP contribution in [0.2, 0.25) is 10.0 Å². The first kappa shape index (κ1) is 27.5. The summed E-state index contributed by atoms with van der Waals surface area (Å²) in [5, 5.41) is 11.1. The van der Waals surface area contributed by atoms with E-state index in [0.29, 0.717) is 27.4 Å². The normalized spacial score (nSPS) is 15.1. The van der Waals surface area contributed by atoms with Gasteiger partial charge in [0.2, 0.25) is 0 Å². The van der Waals surface area contributed by atoms with E-state index in [4.69, 9.17) is 32.4 Å². The van der Waals surface area contributed by atoms with Gasteiger partial charge in [0.25, 0.3) is 11.2 Å². The number of ether oxygens (including phenoxy) is 1. The van der Waals surface area contributed by atoms with E-state index in [0.717, 1.165) is 17.4 Å². The number of thiazole rings is 1. The number of hydrogen-bond acceptors (Lipinski definition) is 8. The molecule has 0 fully saturated rings. The minimum atomic E-state index is -0.883. The number of furan rings is 1. The molecular formula is C27H18Cl2FN3O6S. The Morgan fingerprint density at radius 3 is 2.62 bits per heavy atom. The molecule has 0 radical (unpaired) electrons. The van der Waals surface area contributed by atoms with E-state index in [1.54, 1.807) is 26.0 Å². The van der Waals surface area contributed by atoms with Crippen molar-refractivity contribution >= 4 is 52.3 Å². The number of fused-ring (bicyclic) bond motifs is 1. The molecule has 204 valence electrons. The molecule has 1 unspecified atom stereocenters. The van der Waals surface area contributed by atoms with Crippen LogP contribution in [0.5, 0.6) is 0 Å². The molecule has 0 spiro atoms. The van der Waals surface area contributed by atoms with E-state index in [9.17, 15) is 24.1 Å². The summed E-state index contributed by atoms with van der Waals surface area (Å²) in [6, 6.07) is 10.3. The maximum Gasteiger partial charge on any atom is 0.338 e. The van der Waals surface area contributed by atoms with Crippen molar-refractivity contribution in [2.24, 2.45) is 4.99 Å². The van der Waals surface area contributed by atoms with Crippen LogP contribution in [-0.4, -0.2) is 22.1 Å². The number of aromatic nitrogens is 1. The number of esters is 1. The van der Waals surface area contributed by atoms with Crippen LogP contribution >= 0.6 is 34.5 Å². The number of carbonyl (C=O) groups is 1. The Kier molecular flexibility index (Phi) is 7.45. The number of hydrogen-bond donors (Lipinski definition) is 0. The lowest BCUT2D eigenvalue weighted by molar-refractivity contribution is -0.384. The number of nitro benzene ring substituents is 1. The van der Waals surface area contributed by atoms with Crippen molar-refractivity contribution in [1.82, 2.24) is 4.57 Å². The van der Waals surface area contributed by atoms with Gasteiger partial charge in [-0.1, -0.05) is 46.7 Å². The third kappa shape index (κ3) is 4.99. The van der Waals surface area contributed by atoms with Crippen LogP contribution in [0.3, 0.4) is 0 Å². The Bertz CT molecular complexity index is 1890. The highest BCUT2D eigenvalue weighted by molar-refractivity contribution is 7.07. The van der Waals surface area contributed by atoms with Gasteiger partial charge in [0.05, 0.1) is 38.4 Å². The molecule has 1 atom stereocenters. The molecule has 3 heterocycles. The number of nitro groups is 1. The molecular weight excluding hydrogens is 584 g/mol. The number of nitrogens with zero attached hydrogens (tertiary/aromatic N) is 3. The smallest absolute Gasteiger partial charge is 0.338 e. The summed E-state index contributed by atoms with van der Waals surface area (Å²) in [4.78, 5) is 41.9. The third-order valence-corrected chi connectivity index (χ3v) is 7.70. The molecule has 0 amide bonds. The maximum absolute atomic E-state index is 13.7. The predicted octanol–water partition coefficient (Wildman–Crippen LogP) is 5.41. The van der Waals surface area contributed by atoms with E-state index >= 15 is 0 Å². The fraction of sp³-hybridized carbons (Fsp3) is 0.148. The highest BCUT2D eigenvalue weighted by Gasteiger charge is 2.33. The Labute approximate surface area is 239 Å². The summed E-state index contributed by atoms with van der Waals surface area (Å²) in [7, 11) is 0. The summed E-state index contributed by atoms with van der Waals surface area (Å²) in [5.74, 6) is -0.504. The summed E-state index contributed by atoms with van der Waals surface area (Å²) < 4.78 is 26.5. The summed E-state index contributed by atoms with van der Waals surface area (Å²) in [6.07, 6.45) is 1.51. The molecule has 0 saturated heterocycles. The van der Waals surface area contributed by atoms with Gasteiger partial charge in [-0.25, -0.2) is 14.2 Å². The first-order chi connectivity index (χ1) is 19.1. The van der Waals surface area contributed by atoms with E-state index in [-0.39, 0.29) is 38.2 Å². The van der Waals surface area contributed by atoms with Crippen LogP contribution in [-0.2, 0) is 9.53 Å². The Balaban J connectivity index is 1.61. The second kappa shape index (κ2) is 10.8. The molecule has 1 aliphatic rings. The van der Waals surface area contributed by atoms with Crippen LogP contribution in [0.25, 0.3) is 17.4 Å². The molecule has 0 saturated carbocycles. The van der Waals surface area contributed by atoms with Gasteiger partial charge in [-0.2, -0.15) is 0 Å². The zero-order valence-electron chi connectivity index (χ0n) is 20.8. The van der Waals surface area contributed by atoms with Gasteiger partial charge in [-0.15, -0.1) is 0 Å². The molecule has 0 bridgehead atoms. The lowest BCUT2D eigenvalue weighted by Gasteiger charge is -2.24. The Morgan fingerprint density at radius 2 is 1.95 bits per heavy atom. The summed E-state index contributed by atoms with van der Waals surface area (Å²) in [6.45, 7) is 3.45. The van der Waals surface area contributed by atoms with Gasteiger partial charge in [0.1, 0.15) is 22.4 Å². The Hall–Kier alpha value is -4.06. The minimum absolute atomic E-state index is 0.0673. The molecule has 4 aromatic rings. The van der Waals surface area contributed by atoms with Crippen molar-refractivity contribution < 1.29 is 23.3 Å². The average Bonchev–Trinajstić information content (AvgIpc) is 3.49. The maximum atomic E-state index is 13.7. The summed E-state index contributed by atoms with van der Waals surface area (Å²) >= 11 is 13.4. The molecule has 40 heavy (non-hydrogen) atoms. The molecule has 0 N–H and O–H groups in total. The molecule has 13 heteroatoms. The van der Waals surface area contributed by atoms with Crippen molar-refractivity contribution in [3.8, 4) is 11.3 Å². The fourth-order valence-electron chi connectivity index (χ4n) is 4.32. The van der Waals surface area contributed by atoms with Gasteiger partial charge < -0.3 is 9.15 Å². The molecule has 0 aliphatic carbocycles. The largest absolute Gasteiger partial charge is 0.463 e. The second-order valence-corrected chi connectivity index (χ2v) is 10.4. The number of carbonyl (C=O) groups excluding carboxylic acids is 1. The molecule has 9 nitrogen and oxygen atoms in total. The molecule has 1 aliphatic heterocycles. The van der Waals surface area contributed by atoms with Crippen LogP contribution in [0.15, 0.2) is 74.0 Å². The third-order valence-electron chi connectivity index (χ3n) is 6.10. The molecule has 2 aromatic heterocycles. The minimum Gasteiger partial charge on any atom is -0.463 e. The number of benzene rings is 2. The van der Waals surface area contributed by atoms with Crippen molar-refractivity contribution in [2.75, 3.05) is 6.61 Å². The second-order valence-electron chi connectivity index (χ2n) is 8.60. The standard InChI is InChI=1S/C27H18Cl2FN3O6S/c1-3-38-26(35)23-13(2)31-27-32(24(23)14-4-6-15(30)7-5-14)25(34)22(40-27)10-16-8-9-21(39-16)17-11-19(29)20(33(36)37)12-18(17)28/h4-12,24H,3H2,1-2H3/b22-10+. The summed E-state index contributed by atoms with van der Waals surface area (Å²) in [5.41, 5.74) is 0.627.